The first kappa shape index (κ1) is 14.7. The zero-order chi connectivity index (χ0) is 15.7. The molecule has 0 aliphatic carbocycles. The van der Waals surface area contributed by atoms with Crippen LogP contribution in [0.2, 0.25) is 0 Å². The van der Waals surface area contributed by atoms with Gasteiger partial charge in [-0.25, -0.2) is 9.18 Å². The number of fused-ring (bicyclic) bond motifs is 1. The van der Waals surface area contributed by atoms with Gasteiger partial charge in [0.2, 0.25) is 0 Å². The molecule has 22 heavy (non-hydrogen) atoms. The lowest BCUT2D eigenvalue weighted by Crippen LogP contribution is -2.12. The van der Waals surface area contributed by atoms with Crippen LogP contribution in [0.3, 0.4) is 0 Å². The number of ether oxygens (including phenoxy) is 1. The molecule has 2 aromatic heterocycles. The van der Waals surface area contributed by atoms with Gasteiger partial charge in [0, 0.05) is 10.1 Å². The first-order valence-electron chi connectivity index (χ1n) is 6.25. The molecule has 0 fully saturated rings. The number of carbonyl (C=O) groups is 2. The summed E-state index contributed by atoms with van der Waals surface area (Å²) in [5, 5.41) is 4.76. The van der Waals surface area contributed by atoms with Crippen LogP contribution >= 0.6 is 22.7 Å². The van der Waals surface area contributed by atoms with Crippen molar-refractivity contribution in [3.8, 4) is 0 Å². The van der Waals surface area contributed by atoms with Gasteiger partial charge < -0.3 is 10.1 Å². The maximum atomic E-state index is 13.7. The Morgan fingerprint density at radius 3 is 2.82 bits per heavy atom. The zero-order valence-corrected chi connectivity index (χ0v) is 13.0. The second kappa shape index (κ2) is 5.86. The molecule has 0 unspecified atom stereocenters. The number of hydrogen-bond donors (Lipinski definition) is 1. The van der Waals surface area contributed by atoms with Gasteiger partial charge in [-0.15, -0.1) is 22.7 Å². The fourth-order valence-electron chi connectivity index (χ4n) is 1.98. The topological polar surface area (TPSA) is 55.4 Å². The molecule has 1 aromatic carbocycles. The van der Waals surface area contributed by atoms with Crippen LogP contribution in [0.15, 0.2) is 35.7 Å². The Balaban J connectivity index is 1.89. The third kappa shape index (κ3) is 2.60. The minimum absolute atomic E-state index is 0.322. The van der Waals surface area contributed by atoms with Crippen LogP contribution in [0.25, 0.3) is 10.1 Å². The van der Waals surface area contributed by atoms with Crippen LogP contribution in [0.5, 0.6) is 0 Å². The largest absolute Gasteiger partial charge is 0.465 e. The lowest BCUT2D eigenvalue weighted by atomic mass is 10.2. The van der Waals surface area contributed by atoms with Gasteiger partial charge in [0.1, 0.15) is 10.7 Å². The highest BCUT2D eigenvalue weighted by molar-refractivity contribution is 7.21. The molecule has 0 saturated heterocycles. The van der Waals surface area contributed by atoms with Crippen molar-refractivity contribution in [1.29, 1.82) is 0 Å². The van der Waals surface area contributed by atoms with Crippen molar-refractivity contribution < 1.29 is 18.7 Å². The van der Waals surface area contributed by atoms with E-state index in [0.717, 1.165) is 0 Å². The molecule has 7 heteroatoms. The third-order valence-corrected chi connectivity index (χ3v) is 5.01. The van der Waals surface area contributed by atoms with Gasteiger partial charge >= 0.3 is 5.97 Å². The summed E-state index contributed by atoms with van der Waals surface area (Å²) < 4.78 is 19.0. The average Bonchev–Trinajstić information content (AvgIpc) is 3.13. The van der Waals surface area contributed by atoms with E-state index in [1.54, 1.807) is 23.6 Å². The molecule has 3 rings (SSSR count). The number of amides is 1. The predicted molar refractivity (Wildman–Crippen MR) is 85.4 cm³/mol. The highest BCUT2D eigenvalue weighted by Crippen LogP contribution is 2.29. The number of benzene rings is 1. The molecule has 0 radical (unpaired) electrons. The second-order valence-corrected chi connectivity index (χ2v) is 6.37. The van der Waals surface area contributed by atoms with Gasteiger partial charge in [-0.1, -0.05) is 6.07 Å². The van der Waals surface area contributed by atoms with E-state index in [9.17, 15) is 14.0 Å². The van der Waals surface area contributed by atoms with E-state index in [0.29, 0.717) is 25.5 Å². The summed E-state index contributed by atoms with van der Waals surface area (Å²) in [6, 6.07) is 7.84. The Hall–Kier alpha value is -2.25. The van der Waals surface area contributed by atoms with Gasteiger partial charge in [0.15, 0.2) is 0 Å². The van der Waals surface area contributed by atoms with E-state index in [2.05, 4.69) is 10.1 Å². The minimum Gasteiger partial charge on any atom is -0.465 e. The first-order chi connectivity index (χ1) is 10.6. The van der Waals surface area contributed by atoms with E-state index >= 15 is 0 Å². The van der Waals surface area contributed by atoms with Gasteiger partial charge in [0.25, 0.3) is 5.91 Å². The quantitative estimate of drug-likeness (QED) is 0.732. The monoisotopic (exact) mass is 335 g/mol. The summed E-state index contributed by atoms with van der Waals surface area (Å²) in [4.78, 5) is 24.6. The Morgan fingerprint density at radius 2 is 2.09 bits per heavy atom. The van der Waals surface area contributed by atoms with Crippen LogP contribution in [0.4, 0.5) is 10.1 Å². The van der Waals surface area contributed by atoms with E-state index < -0.39 is 5.97 Å². The smallest absolute Gasteiger partial charge is 0.350 e. The Kier molecular flexibility index (Phi) is 3.91. The summed E-state index contributed by atoms with van der Waals surface area (Å²) in [6.45, 7) is 0. The second-order valence-electron chi connectivity index (χ2n) is 4.37. The highest BCUT2D eigenvalue weighted by atomic mass is 32.1. The zero-order valence-electron chi connectivity index (χ0n) is 11.4. The van der Waals surface area contributed by atoms with Crippen molar-refractivity contribution in [3.05, 3.63) is 51.3 Å². The molecule has 1 N–H and O–H groups in total. The van der Waals surface area contributed by atoms with Crippen LogP contribution in [-0.2, 0) is 4.74 Å². The molecule has 2 heterocycles. The summed E-state index contributed by atoms with van der Waals surface area (Å²) in [5.74, 6) is -1.25. The number of methoxy groups -OCH3 is 1. The Morgan fingerprint density at radius 1 is 1.27 bits per heavy atom. The lowest BCUT2D eigenvalue weighted by Gasteiger charge is -2.03. The van der Waals surface area contributed by atoms with Crippen molar-refractivity contribution in [2.75, 3.05) is 12.4 Å². The van der Waals surface area contributed by atoms with E-state index in [1.807, 2.05) is 0 Å². The van der Waals surface area contributed by atoms with Gasteiger partial charge in [-0.2, -0.15) is 0 Å². The third-order valence-electron chi connectivity index (χ3n) is 3.02. The maximum Gasteiger partial charge on any atom is 0.350 e. The van der Waals surface area contributed by atoms with Crippen LogP contribution in [0, 0.1) is 5.82 Å². The van der Waals surface area contributed by atoms with Crippen LogP contribution < -0.4 is 5.32 Å². The molecule has 3 aromatic rings. The first-order valence-corrected chi connectivity index (χ1v) is 7.95. The normalized spacial score (nSPS) is 10.6. The number of esters is 1. The van der Waals surface area contributed by atoms with Gasteiger partial charge in [0.05, 0.1) is 17.7 Å². The predicted octanol–water partition coefficient (Wildman–Crippen LogP) is 4.14. The molecular weight excluding hydrogens is 325 g/mol. The molecule has 0 bridgehead atoms. The molecule has 0 spiro atoms. The number of rotatable bonds is 3. The molecule has 4 nitrogen and oxygen atoms in total. The number of nitrogens with one attached hydrogen (secondary N) is 1. The number of anilines is 1. The van der Waals surface area contributed by atoms with Crippen molar-refractivity contribution in [1.82, 2.24) is 0 Å². The Labute approximate surface area is 133 Å². The molecular formula is C15H10FNO3S2. The number of carbonyl (C=O) groups excluding carboxylic acids is 2. The number of halogens is 1. The maximum absolute atomic E-state index is 13.7. The minimum atomic E-state index is -0.507. The SMILES string of the molecule is COC(=O)c1sccc1NC(=O)c1cc2c(F)cccc2s1. The number of hydrogen-bond acceptors (Lipinski definition) is 5. The lowest BCUT2D eigenvalue weighted by molar-refractivity contribution is 0.0607. The molecule has 1 amide bonds. The van der Waals surface area contributed by atoms with Gasteiger partial charge in [-0.3, -0.25) is 4.79 Å². The van der Waals surface area contributed by atoms with Crippen molar-refractivity contribution in [2.24, 2.45) is 0 Å². The summed E-state index contributed by atoms with van der Waals surface area (Å²) in [5.41, 5.74) is 0.389. The van der Waals surface area contributed by atoms with E-state index in [4.69, 9.17) is 0 Å². The number of thiophene rings is 2. The van der Waals surface area contributed by atoms with Crippen LogP contribution in [-0.4, -0.2) is 19.0 Å². The molecule has 0 aliphatic heterocycles. The van der Waals surface area contributed by atoms with Gasteiger partial charge in [-0.05, 0) is 29.6 Å². The summed E-state index contributed by atoms with van der Waals surface area (Å²) in [7, 11) is 1.28. The molecule has 112 valence electrons. The van der Waals surface area contributed by atoms with E-state index in [1.165, 1.54) is 41.9 Å². The standard InChI is InChI=1S/C15H10FNO3S2/c1-20-15(19)13-10(5-6-21-13)17-14(18)12-7-8-9(16)3-2-4-11(8)22-12/h2-7H,1H3,(H,17,18). The van der Waals surface area contributed by atoms with E-state index in [-0.39, 0.29) is 11.7 Å². The molecule has 0 aliphatic rings. The summed E-state index contributed by atoms with van der Waals surface area (Å²) in [6.07, 6.45) is 0. The molecule has 0 atom stereocenters. The molecule has 0 saturated carbocycles. The van der Waals surface area contributed by atoms with Crippen LogP contribution in [0.1, 0.15) is 19.3 Å². The average molecular weight is 335 g/mol. The van der Waals surface area contributed by atoms with Crippen molar-refractivity contribution >= 4 is 50.3 Å². The van der Waals surface area contributed by atoms with Crippen molar-refractivity contribution in [3.63, 3.8) is 0 Å². The fourth-order valence-corrected chi connectivity index (χ4v) is 3.72. The van der Waals surface area contributed by atoms with Crippen molar-refractivity contribution in [2.45, 2.75) is 0 Å². The Bertz CT molecular complexity index is 869. The fraction of sp³-hybridized carbons (Fsp3) is 0.0667. The summed E-state index contributed by atoms with van der Waals surface area (Å²) >= 11 is 2.38. The highest BCUT2D eigenvalue weighted by Gasteiger charge is 2.18.